The third kappa shape index (κ3) is 53.0. The van der Waals surface area contributed by atoms with Gasteiger partial charge in [-0.25, -0.2) is 0 Å². The highest BCUT2D eigenvalue weighted by Crippen LogP contribution is 2.38. The molecule has 2 N–H and O–H groups in total. The van der Waals surface area contributed by atoms with Crippen LogP contribution in [0.5, 0.6) is 0 Å². The van der Waals surface area contributed by atoms with Crippen LogP contribution in [0.3, 0.4) is 0 Å². The number of aliphatic hydroxyl groups excluding tert-OH is 1. The topological polar surface area (TPSA) is 108 Å². The average Bonchev–Trinajstić information content (AvgIpc) is 3.30. The van der Waals surface area contributed by atoms with Gasteiger partial charge in [-0.3, -0.25) is 9.36 Å². The monoisotopic (exact) mass is 983 g/mol. The average molecular weight is 984 g/mol. The molecular weight excluding hydrogens is 864 g/mol. The van der Waals surface area contributed by atoms with Crippen molar-refractivity contribution < 1.29 is 32.9 Å². The number of quaternary nitrogens is 1. The number of rotatable bonds is 56. The lowest BCUT2D eigenvalue weighted by Gasteiger charge is -2.30. The largest absolute Gasteiger partial charge is 0.756 e. The van der Waals surface area contributed by atoms with Crippen molar-refractivity contribution in [3.63, 3.8) is 0 Å². The van der Waals surface area contributed by atoms with Crippen LogP contribution < -0.4 is 10.2 Å². The van der Waals surface area contributed by atoms with E-state index in [1.807, 2.05) is 21.1 Å². The van der Waals surface area contributed by atoms with Gasteiger partial charge in [0.1, 0.15) is 13.2 Å². The molecule has 3 atom stereocenters. The molecule has 3 unspecified atom stereocenters. The van der Waals surface area contributed by atoms with Crippen LogP contribution in [0, 0.1) is 0 Å². The molecular formula is C59H119N2O6P. The van der Waals surface area contributed by atoms with Gasteiger partial charge in [-0.15, -0.1) is 0 Å². The summed E-state index contributed by atoms with van der Waals surface area (Å²) in [5.41, 5.74) is 0. The van der Waals surface area contributed by atoms with Crippen molar-refractivity contribution in [2.45, 2.75) is 321 Å². The number of hydrogen-bond donors (Lipinski definition) is 2. The van der Waals surface area contributed by atoms with Gasteiger partial charge in [-0.2, -0.15) is 0 Å². The van der Waals surface area contributed by atoms with E-state index in [0.717, 1.165) is 38.5 Å². The molecule has 0 saturated heterocycles. The first-order chi connectivity index (χ1) is 33.0. The molecule has 0 aliphatic carbocycles. The molecule has 0 aromatic carbocycles. The Morgan fingerprint density at radius 1 is 0.500 bits per heavy atom. The van der Waals surface area contributed by atoms with Crippen LogP contribution in [0.15, 0.2) is 12.2 Å². The van der Waals surface area contributed by atoms with Crippen LogP contribution in [-0.4, -0.2) is 68.5 Å². The fourth-order valence-corrected chi connectivity index (χ4v) is 10.00. The van der Waals surface area contributed by atoms with Gasteiger partial charge in [0.05, 0.1) is 39.9 Å². The summed E-state index contributed by atoms with van der Waals surface area (Å²) in [7, 11) is 1.32. The number of amides is 1. The van der Waals surface area contributed by atoms with Gasteiger partial charge >= 0.3 is 0 Å². The van der Waals surface area contributed by atoms with E-state index in [2.05, 4.69) is 31.3 Å². The maximum atomic E-state index is 13.0. The maximum Gasteiger partial charge on any atom is 0.268 e. The quantitative estimate of drug-likeness (QED) is 0.0272. The van der Waals surface area contributed by atoms with Crippen LogP contribution in [0.25, 0.3) is 0 Å². The predicted octanol–water partition coefficient (Wildman–Crippen LogP) is 17.6. The molecule has 0 aliphatic rings. The Balaban J connectivity index is 4.13. The van der Waals surface area contributed by atoms with Crippen LogP contribution in [-0.2, 0) is 18.4 Å². The highest BCUT2D eigenvalue weighted by Gasteiger charge is 2.24. The number of likely N-dealkylation sites (N-methyl/N-ethyl adjacent to an activating group) is 1. The van der Waals surface area contributed by atoms with Crippen molar-refractivity contribution in [3.8, 4) is 0 Å². The first-order valence-corrected chi connectivity index (χ1v) is 31.5. The summed E-state index contributed by atoms with van der Waals surface area (Å²) in [6.07, 6.45) is 62.5. The fraction of sp³-hybridized carbons (Fsp3) is 0.949. The summed E-state index contributed by atoms with van der Waals surface area (Å²) in [6, 6.07) is -0.801. The molecule has 9 heteroatoms. The lowest BCUT2D eigenvalue weighted by Crippen LogP contribution is -2.46. The number of unbranched alkanes of at least 4 members (excludes halogenated alkanes) is 41. The van der Waals surface area contributed by atoms with E-state index in [0.29, 0.717) is 23.9 Å². The Morgan fingerprint density at radius 2 is 0.809 bits per heavy atom. The fourth-order valence-electron chi connectivity index (χ4n) is 9.27. The van der Waals surface area contributed by atoms with E-state index in [1.54, 1.807) is 0 Å². The standard InChI is InChI=1S/C59H119N2O6P/c1-6-8-10-12-14-16-18-20-22-24-26-28-30-31-32-34-36-38-40-42-44-46-48-50-52-58(62)57(56-67-68(64,65)66-55-54-61(3,4)5)60-59(63)53-51-49-47-45-43-41-39-37-35-33-29-27-25-23-21-19-17-15-13-11-9-7-2/h33,35,57-58,62H,6-32,34,36-56H2,1-5H3,(H-,60,63,64,65)/b35-33-. The van der Waals surface area contributed by atoms with Crippen LogP contribution in [0.1, 0.15) is 309 Å². The summed E-state index contributed by atoms with van der Waals surface area (Å²) in [4.78, 5) is 25.6. The third-order valence-electron chi connectivity index (χ3n) is 14.0. The molecule has 0 radical (unpaired) electrons. The summed E-state index contributed by atoms with van der Waals surface area (Å²) in [6.45, 7) is 4.77. The van der Waals surface area contributed by atoms with Gasteiger partial charge in [0.2, 0.25) is 5.91 Å². The van der Waals surface area contributed by atoms with Gasteiger partial charge in [0, 0.05) is 6.42 Å². The van der Waals surface area contributed by atoms with Gasteiger partial charge < -0.3 is 28.8 Å². The van der Waals surface area contributed by atoms with E-state index in [4.69, 9.17) is 9.05 Å². The molecule has 0 heterocycles. The van der Waals surface area contributed by atoms with Crippen molar-refractivity contribution in [1.29, 1.82) is 0 Å². The van der Waals surface area contributed by atoms with Gasteiger partial charge in [0.15, 0.2) is 0 Å². The minimum absolute atomic E-state index is 0.0138. The smallest absolute Gasteiger partial charge is 0.268 e. The molecule has 0 aromatic rings. The van der Waals surface area contributed by atoms with Crippen molar-refractivity contribution in [1.82, 2.24) is 5.32 Å². The van der Waals surface area contributed by atoms with E-state index in [9.17, 15) is 19.4 Å². The van der Waals surface area contributed by atoms with E-state index < -0.39 is 20.0 Å². The molecule has 406 valence electrons. The molecule has 1 amide bonds. The second kappa shape index (κ2) is 51.2. The maximum absolute atomic E-state index is 13.0. The third-order valence-corrected chi connectivity index (χ3v) is 15.0. The number of phosphoric acid groups is 1. The molecule has 0 bridgehead atoms. The van der Waals surface area contributed by atoms with E-state index in [-0.39, 0.29) is 19.1 Å². The Bertz CT molecular complexity index is 1120. The van der Waals surface area contributed by atoms with Gasteiger partial charge in [-0.1, -0.05) is 276 Å². The number of nitrogens with one attached hydrogen (secondary N) is 1. The van der Waals surface area contributed by atoms with Gasteiger partial charge in [-0.05, 0) is 38.5 Å². The van der Waals surface area contributed by atoms with Crippen LogP contribution >= 0.6 is 7.82 Å². The first-order valence-electron chi connectivity index (χ1n) is 30.0. The highest BCUT2D eigenvalue weighted by atomic mass is 31.2. The number of carbonyl (C=O) groups is 1. The SMILES string of the molecule is CCCCCCCCCCCCC/C=C\CCCCCCCCCC(=O)NC(COP(=O)([O-])OCC[N+](C)(C)C)C(O)CCCCCCCCCCCCCCCCCCCCCCCCCC. The number of allylic oxidation sites excluding steroid dienone is 2. The number of nitrogens with zero attached hydrogens (tertiary/aromatic N) is 1. The lowest BCUT2D eigenvalue weighted by molar-refractivity contribution is -0.870. The normalized spacial score (nSPS) is 13.9. The molecule has 68 heavy (non-hydrogen) atoms. The zero-order chi connectivity index (χ0) is 49.9. The second-order valence-corrected chi connectivity index (χ2v) is 23.5. The minimum Gasteiger partial charge on any atom is -0.756 e. The number of phosphoric ester groups is 1. The number of aliphatic hydroxyl groups is 1. The van der Waals surface area contributed by atoms with E-state index >= 15 is 0 Å². The van der Waals surface area contributed by atoms with Crippen molar-refractivity contribution in [3.05, 3.63) is 12.2 Å². The van der Waals surface area contributed by atoms with E-state index in [1.165, 1.54) is 244 Å². The lowest BCUT2D eigenvalue weighted by atomic mass is 10.0. The predicted molar refractivity (Wildman–Crippen MR) is 293 cm³/mol. The zero-order valence-corrected chi connectivity index (χ0v) is 47.2. The Kier molecular flexibility index (Phi) is 50.6. The summed E-state index contributed by atoms with van der Waals surface area (Å²) in [5, 5.41) is 14.0. The van der Waals surface area contributed by atoms with Crippen LogP contribution in [0.4, 0.5) is 0 Å². The van der Waals surface area contributed by atoms with Crippen molar-refractivity contribution in [2.24, 2.45) is 0 Å². The second-order valence-electron chi connectivity index (χ2n) is 22.1. The van der Waals surface area contributed by atoms with Crippen molar-refractivity contribution >= 4 is 13.7 Å². The van der Waals surface area contributed by atoms with Crippen molar-refractivity contribution in [2.75, 3.05) is 40.9 Å². The van der Waals surface area contributed by atoms with Gasteiger partial charge in [0.25, 0.3) is 7.82 Å². The Labute approximate surface area is 424 Å². The summed E-state index contributed by atoms with van der Waals surface area (Å²) >= 11 is 0. The van der Waals surface area contributed by atoms with Crippen LogP contribution in [0.2, 0.25) is 0 Å². The molecule has 8 nitrogen and oxygen atoms in total. The Hall–Kier alpha value is -0.760. The number of hydrogen-bond acceptors (Lipinski definition) is 6. The minimum atomic E-state index is -4.57. The first kappa shape index (κ1) is 67.2. The summed E-state index contributed by atoms with van der Waals surface area (Å²) < 4.78 is 23.5. The molecule has 0 fully saturated rings. The zero-order valence-electron chi connectivity index (χ0n) is 46.3. The summed E-state index contributed by atoms with van der Waals surface area (Å²) in [5.74, 6) is -0.163. The number of carbonyl (C=O) groups excluding carboxylic acids is 1. The molecule has 0 saturated carbocycles. The molecule has 0 aliphatic heterocycles. The molecule has 0 rings (SSSR count). The highest BCUT2D eigenvalue weighted by molar-refractivity contribution is 7.45. The molecule has 0 spiro atoms. The molecule has 0 aromatic heterocycles. The Morgan fingerprint density at radius 3 is 1.15 bits per heavy atom.